The lowest BCUT2D eigenvalue weighted by Crippen LogP contribution is -2.05. The van der Waals surface area contributed by atoms with Gasteiger partial charge in [0, 0.05) is 31.0 Å². The van der Waals surface area contributed by atoms with Crippen molar-refractivity contribution in [3.05, 3.63) is 54.2 Å². The Balaban J connectivity index is 1.60. The Hall–Kier alpha value is -2.43. The van der Waals surface area contributed by atoms with Crippen molar-refractivity contribution in [2.75, 3.05) is 0 Å². The highest BCUT2D eigenvalue weighted by Gasteiger charge is 2.04. The highest BCUT2D eigenvalue weighted by Crippen LogP contribution is 2.16. The second kappa shape index (κ2) is 5.91. The predicted molar refractivity (Wildman–Crippen MR) is 81.8 cm³/mol. The summed E-state index contributed by atoms with van der Waals surface area (Å²) in [6, 6.07) is 8.35. The summed E-state index contributed by atoms with van der Waals surface area (Å²) in [6.45, 7) is 5.91. The van der Waals surface area contributed by atoms with Crippen molar-refractivity contribution in [3.63, 3.8) is 0 Å². The number of aromatic nitrogens is 5. The molecular weight excluding hydrogens is 262 g/mol. The van der Waals surface area contributed by atoms with Gasteiger partial charge in [-0.15, -0.1) is 5.10 Å². The Morgan fingerprint density at radius 3 is 2.57 bits per heavy atom. The highest BCUT2D eigenvalue weighted by molar-refractivity contribution is 5.57. The van der Waals surface area contributed by atoms with Gasteiger partial charge in [0.15, 0.2) is 0 Å². The summed E-state index contributed by atoms with van der Waals surface area (Å²) in [5.74, 6) is 1.05. The molecule has 0 bridgehead atoms. The number of nitrogens with zero attached hydrogens (tertiary/aromatic N) is 5. The molecular formula is C16H19N5. The van der Waals surface area contributed by atoms with Gasteiger partial charge in [-0.05, 0) is 20.3 Å². The molecule has 5 nitrogen and oxygen atoms in total. The second-order valence-electron chi connectivity index (χ2n) is 5.25. The fourth-order valence-corrected chi connectivity index (χ4v) is 2.31. The van der Waals surface area contributed by atoms with Gasteiger partial charge in [0.2, 0.25) is 0 Å². The molecule has 0 aliphatic heterocycles. The predicted octanol–water partition coefficient (Wildman–Crippen LogP) is 2.85. The van der Waals surface area contributed by atoms with Crippen LogP contribution in [0.4, 0.5) is 0 Å². The van der Waals surface area contributed by atoms with Gasteiger partial charge in [0.1, 0.15) is 11.5 Å². The number of benzene rings is 1. The molecule has 0 aliphatic carbocycles. The lowest BCUT2D eigenvalue weighted by molar-refractivity contribution is 0.510. The van der Waals surface area contributed by atoms with Crippen LogP contribution in [0.3, 0.4) is 0 Å². The zero-order valence-corrected chi connectivity index (χ0v) is 12.4. The van der Waals surface area contributed by atoms with Crippen molar-refractivity contribution in [3.8, 4) is 11.3 Å². The van der Waals surface area contributed by atoms with Crippen molar-refractivity contribution >= 4 is 0 Å². The minimum atomic E-state index is 0.858. The minimum Gasteiger partial charge on any atom is -0.335 e. The van der Waals surface area contributed by atoms with Crippen molar-refractivity contribution < 1.29 is 0 Å². The summed E-state index contributed by atoms with van der Waals surface area (Å²) < 4.78 is 4.05. The van der Waals surface area contributed by atoms with Gasteiger partial charge < -0.3 is 4.57 Å². The van der Waals surface area contributed by atoms with Crippen LogP contribution in [0.1, 0.15) is 17.8 Å². The fourth-order valence-electron chi connectivity index (χ4n) is 2.31. The molecule has 0 atom stereocenters. The van der Waals surface area contributed by atoms with Gasteiger partial charge in [-0.3, -0.25) is 4.68 Å². The SMILES string of the molecule is Cc1ccc(-c2cn(CCCn3ccnc3C)nn2)cc1. The lowest BCUT2D eigenvalue weighted by Gasteiger charge is -2.04. The fraction of sp³-hybridized carbons (Fsp3) is 0.312. The second-order valence-corrected chi connectivity index (χ2v) is 5.25. The zero-order chi connectivity index (χ0) is 14.7. The van der Waals surface area contributed by atoms with Crippen molar-refractivity contribution in [1.82, 2.24) is 24.5 Å². The van der Waals surface area contributed by atoms with Crippen LogP contribution in [0.15, 0.2) is 42.9 Å². The van der Waals surface area contributed by atoms with Crippen LogP contribution in [-0.2, 0) is 13.1 Å². The quantitative estimate of drug-likeness (QED) is 0.722. The van der Waals surface area contributed by atoms with E-state index in [-0.39, 0.29) is 0 Å². The molecule has 2 aromatic heterocycles. The first-order valence-electron chi connectivity index (χ1n) is 7.17. The Kier molecular flexibility index (Phi) is 3.81. The first-order chi connectivity index (χ1) is 10.2. The number of rotatable bonds is 5. The van der Waals surface area contributed by atoms with E-state index in [1.807, 2.05) is 30.2 Å². The number of imidazole rings is 1. The Bertz CT molecular complexity index is 708. The van der Waals surface area contributed by atoms with Crippen LogP contribution in [0, 0.1) is 13.8 Å². The minimum absolute atomic E-state index is 0.858. The van der Waals surface area contributed by atoms with Crippen LogP contribution < -0.4 is 0 Å². The average Bonchev–Trinajstić information content (AvgIpc) is 3.10. The van der Waals surface area contributed by atoms with Gasteiger partial charge in [0.05, 0.1) is 6.20 Å². The topological polar surface area (TPSA) is 48.5 Å². The van der Waals surface area contributed by atoms with Gasteiger partial charge in [-0.2, -0.15) is 0 Å². The summed E-state index contributed by atoms with van der Waals surface area (Å²) in [5.41, 5.74) is 3.29. The van der Waals surface area contributed by atoms with E-state index in [0.717, 1.165) is 36.6 Å². The number of aryl methyl sites for hydroxylation is 4. The number of hydrogen-bond donors (Lipinski definition) is 0. The Morgan fingerprint density at radius 2 is 1.86 bits per heavy atom. The van der Waals surface area contributed by atoms with Crippen molar-refractivity contribution in [2.45, 2.75) is 33.4 Å². The molecule has 3 rings (SSSR count). The third kappa shape index (κ3) is 3.18. The van der Waals surface area contributed by atoms with Crippen LogP contribution in [0.2, 0.25) is 0 Å². The molecule has 2 heterocycles. The van der Waals surface area contributed by atoms with Crippen LogP contribution in [0.5, 0.6) is 0 Å². The Labute approximate surface area is 124 Å². The molecule has 0 unspecified atom stereocenters. The average molecular weight is 281 g/mol. The van der Waals surface area contributed by atoms with Gasteiger partial charge >= 0.3 is 0 Å². The lowest BCUT2D eigenvalue weighted by atomic mass is 10.1. The smallest absolute Gasteiger partial charge is 0.113 e. The molecule has 0 amide bonds. The monoisotopic (exact) mass is 281 g/mol. The summed E-state index contributed by atoms with van der Waals surface area (Å²) in [7, 11) is 0. The molecule has 0 radical (unpaired) electrons. The molecule has 0 spiro atoms. The van der Waals surface area contributed by atoms with E-state index < -0.39 is 0 Å². The largest absolute Gasteiger partial charge is 0.335 e. The third-order valence-corrected chi connectivity index (χ3v) is 3.60. The molecule has 108 valence electrons. The first kappa shape index (κ1) is 13.5. The van der Waals surface area contributed by atoms with E-state index >= 15 is 0 Å². The third-order valence-electron chi connectivity index (χ3n) is 3.60. The zero-order valence-electron chi connectivity index (χ0n) is 12.4. The van der Waals surface area contributed by atoms with E-state index in [1.54, 1.807) is 0 Å². The van der Waals surface area contributed by atoms with Gasteiger partial charge in [-0.25, -0.2) is 4.98 Å². The summed E-state index contributed by atoms with van der Waals surface area (Å²) in [5, 5.41) is 8.44. The van der Waals surface area contributed by atoms with Crippen LogP contribution >= 0.6 is 0 Å². The van der Waals surface area contributed by atoms with E-state index in [9.17, 15) is 0 Å². The standard InChI is InChI=1S/C16H19N5/c1-13-4-6-15(7-5-13)16-12-21(19-18-16)10-3-9-20-11-8-17-14(20)2/h4-8,11-12H,3,9-10H2,1-2H3. The van der Waals surface area contributed by atoms with E-state index in [4.69, 9.17) is 0 Å². The molecule has 3 aromatic rings. The first-order valence-corrected chi connectivity index (χ1v) is 7.17. The van der Waals surface area contributed by atoms with Gasteiger partial charge in [-0.1, -0.05) is 35.0 Å². The van der Waals surface area contributed by atoms with Crippen molar-refractivity contribution in [1.29, 1.82) is 0 Å². The maximum absolute atomic E-state index is 4.24. The molecule has 0 N–H and O–H groups in total. The molecule has 0 fully saturated rings. The number of hydrogen-bond acceptors (Lipinski definition) is 3. The van der Waals surface area contributed by atoms with E-state index in [2.05, 4.69) is 51.1 Å². The van der Waals surface area contributed by atoms with E-state index in [0.29, 0.717) is 0 Å². The molecule has 0 saturated carbocycles. The van der Waals surface area contributed by atoms with Crippen LogP contribution in [-0.4, -0.2) is 24.5 Å². The van der Waals surface area contributed by atoms with Crippen molar-refractivity contribution in [2.24, 2.45) is 0 Å². The molecule has 1 aromatic carbocycles. The summed E-state index contributed by atoms with van der Waals surface area (Å²) >= 11 is 0. The summed E-state index contributed by atoms with van der Waals surface area (Å²) in [4.78, 5) is 4.22. The molecule has 5 heteroatoms. The molecule has 0 aliphatic rings. The highest BCUT2D eigenvalue weighted by atomic mass is 15.4. The Morgan fingerprint density at radius 1 is 1.05 bits per heavy atom. The molecule has 21 heavy (non-hydrogen) atoms. The normalized spacial score (nSPS) is 11.0. The van der Waals surface area contributed by atoms with E-state index in [1.165, 1.54) is 5.56 Å². The maximum atomic E-state index is 4.24. The maximum Gasteiger partial charge on any atom is 0.113 e. The van der Waals surface area contributed by atoms with Gasteiger partial charge in [0.25, 0.3) is 0 Å². The molecule has 0 saturated heterocycles. The summed E-state index contributed by atoms with van der Waals surface area (Å²) in [6.07, 6.45) is 6.86. The van der Waals surface area contributed by atoms with Crippen LogP contribution in [0.25, 0.3) is 11.3 Å².